The van der Waals surface area contributed by atoms with Crippen LogP contribution in [0.2, 0.25) is 5.02 Å². The second-order valence-corrected chi connectivity index (χ2v) is 5.66. The van der Waals surface area contributed by atoms with Crippen LogP contribution in [0.4, 0.5) is 5.69 Å². The Kier molecular flexibility index (Phi) is 4.07. The van der Waals surface area contributed by atoms with E-state index in [1.165, 1.54) is 5.56 Å². The molecule has 0 amide bonds. The quantitative estimate of drug-likeness (QED) is 0.883. The number of carbonyl (C=O) groups excluding carboxylic acids is 1. The zero-order chi connectivity index (χ0) is 14.7. The van der Waals surface area contributed by atoms with Gasteiger partial charge in [0, 0.05) is 18.2 Å². The zero-order valence-corrected chi connectivity index (χ0v) is 12.3. The number of allylic oxidation sites excluding steroid dienone is 2. The van der Waals surface area contributed by atoms with Crippen LogP contribution in [-0.4, -0.2) is 5.78 Å². The molecular formula is C18H16ClNO. The first-order valence-corrected chi connectivity index (χ1v) is 7.40. The lowest BCUT2D eigenvalue weighted by molar-refractivity contribution is -0.115. The number of halogens is 1. The molecule has 0 fully saturated rings. The van der Waals surface area contributed by atoms with Gasteiger partial charge in [0.1, 0.15) is 0 Å². The van der Waals surface area contributed by atoms with Crippen LogP contribution in [0.5, 0.6) is 0 Å². The van der Waals surface area contributed by atoms with E-state index in [4.69, 9.17) is 11.6 Å². The maximum atomic E-state index is 12.0. The van der Waals surface area contributed by atoms with Gasteiger partial charge in [-0.05, 0) is 30.0 Å². The maximum Gasteiger partial charge on any atom is 0.158 e. The first kappa shape index (κ1) is 13.9. The number of ketones is 1. The van der Waals surface area contributed by atoms with Gasteiger partial charge in [-0.25, -0.2) is 0 Å². The molecule has 0 unspecified atom stereocenters. The molecular weight excluding hydrogens is 282 g/mol. The molecule has 2 aromatic carbocycles. The zero-order valence-electron chi connectivity index (χ0n) is 11.6. The Morgan fingerprint density at radius 2 is 1.67 bits per heavy atom. The monoisotopic (exact) mass is 297 g/mol. The number of para-hydroxylation sites is 1. The highest BCUT2D eigenvalue weighted by Crippen LogP contribution is 2.33. The van der Waals surface area contributed by atoms with E-state index >= 15 is 0 Å². The Balaban J connectivity index is 1.80. The maximum absolute atomic E-state index is 12.0. The lowest BCUT2D eigenvalue weighted by Crippen LogP contribution is -2.16. The lowest BCUT2D eigenvalue weighted by atomic mass is 9.85. The van der Waals surface area contributed by atoms with E-state index < -0.39 is 0 Å². The van der Waals surface area contributed by atoms with Crippen molar-refractivity contribution in [2.24, 2.45) is 0 Å². The van der Waals surface area contributed by atoms with Gasteiger partial charge in [0.25, 0.3) is 0 Å². The Bertz CT molecular complexity index is 679. The number of hydrogen-bond acceptors (Lipinski definition) is 2. The van der Waals surface area contributed by atoms with Crippen molar-refractivity contribution in [1.29, 1.82) is 0 Å². The van der Waals surface area contributed by atoms with Crippen molar-refractivity contribution in [2.75, 3.05) is 5.32 Å². The SMILES string of the molecule is O=C1C=C(Nc2ccccc2Cl)C[C@@H](c2ccccc2)C1. The van der Waals surface area contributed by atoms with Gasteiger partial charge in [0.15, 0.2) is 5.78 Å². The van der Waals surface area contributed by atoms with Crippen molar-refractivity contribution in [3.8, 4) is 0 Å². The Labute approximate surface area is 129 Å². The third-order valence-corrected chi connectivity index (χ3v) is 4.02. The summed E-state index contributed by atoms with van der Waals surface area (Å²) in [6.45, 7) is 0. The molecule has 0 spiro atoms. The molecule has 1 N–H and O–H groups in total. The molecule has 1 aliphatic carbocycles. The van der Waals surface area contributed by atoms with Crippen molar-refractivity contribution < 1.29 is 4.79 Å². The summed E-state index contributed by atoms with van der Waals surface area (Å²) in [5.74, 6) is 0.387. The number of benzene rings is 2. The summed E-state index contributed by atoms with van der Waals surface area (Å²) < 4.78 is 0. The minimum atomic E-state index is 0.157. The second kappa shape index (κ2) is 6.15. The smallest absolute Gasteiger partial charge is 0.158 e. The Morgan fingerprint density at radius 1 is 0.952 bits per heavy atom. The van der Waals surface area contributed by atoms with Crippen molar-refractivity contribution in [3.63, 3.8) is 0 Å². The van der Waals surface area contributed by atoms with Crippen LogP contribution < -0.4 is 5.32 Å². The minimum Gasteiger partial charge on any atom is -0.358 e. The van der Waals surface area contributed by atoms with Gasteiger partial charge in [-0.1, -0.05) is 54.1 Å². The first-order valence-electron chi connectivity index (χ1n) is 7.02. The molecule has 1 aliphatic rings. The number of rotatable bonds is 3. The van der Waals surface area contributed by atoms with E-state index in [1.54, 1.807) is 6.08 Å². The predicted octanol–water partition coefficient (Wildman–Crippen LogP) is 4.78. The summed E-state index contributed by atoms with van der Waals surface area (Å²) in [5, 5.41) is 3.95. The summed E-state index contributed by atoms with van der Waals surface area (Å²) >= 11 is 6.16. The van der Waals surface area contributed by atoms with E-state index in [9.17, 15) is 4.79 Å². The summed E-state index contributed by atoms with van der Waals surface area (Å²) in [4.78, 5) is 12.0. The molecule has 106 valence electrons. The average Bonchev–Trinajstić information content (AvgIpc) is 2.50. The highest BCUT2D eigenvalue weighted by molar-refractivity contribution is 6.33. The van der Waals surface area contributed by atoms with Crippen LogP contribution >= 0.6 is 11.6 Å². The Morgan fingerprint density at radius 3 is 2.43 bits per heavy atom. The fourth-order valence-corrected chi connectivity index (χ4v) is 2.86. The first-order chi connectivity index (χ1) is 10.2. The van der Waals surface area contributed by atoms with Gasteiger partial charge in [-0.3, -0.25) is 4.79 Å². The fraction of sp³-hybridized carbons (Fsp3) is 0.167. The van der Waals surface area contributed by atoms with E-state index in [1.807, 2.05) is 42.5 Å². The molecule has 0 radical (unpaired) electrons. The molecule has 3 heteroatoms. The molecule has 0 aromatic heterocycles. The van der Waals surface area contributed by atoms with Crippen molar-refractivity contribution in [3.05, 3.63) is 77.0 Å². The van der Waals surface area contributed by atoms with E-state index in [0.29, 0.717) is 11.4 Å². The van der Waals surface area contributed by atoms with E-state index in [2.05, 4.69) is 17.4 Å². The number of nitrogens with one attached hydrogen (secondary N) is 1. The van der Waals surface area contributed by atoms with Crippen LogP contribution in [0.3, 0.4) is 0 Å². The molecule has 0 saturated carbocycles. The molecule has 1 atom stereocenters. The largest absolute Gasteiger partial charge is 0.358 e. The summed E-state index contributed by atoms with van der Waals surface area (Å²) in [5.41, 5.74) is 2.97. The van der Waals surface area contributed by atoms with Gasteiger partial charge in [-0.2, -0.15) is 0 Å². The molecule has 2 aromatic rings. The normalized spacial score (nSPS) is 18.2. The second-order valence-electron chi connectivity index (χ2n) is 5.26. The molecule has 0 bridgehead atoms. The predicted molar refractivity (Wildman–Crippen MR) is 86.6 cm³/mol. The summed E-state index contributed by atoms with van der Waals surface area (Å²) in [7, 11) is 0. The highest BCUT2D eigenvalue weighted by atomic mass is 35.5. The Hall–Kier alpha value is -2.06. The van der Waals surface area contributed by atoms with Crippen LogP contribution in [0, 0.1) is 0 Å². The molecule has 0 saturated heterocycles. The third-order valence-electron chi connectivity index (χ3n) is 3.69. The number of anilines is 1. The topological polar surface area (TPSA) is 29.1 Å². The minimum absolute atomic E-state index is 0.157. The van der Waals surface area contributed by atoms with Crippen LogP contribution in [0.1, 0.15) is 24.3 Å². The fourth-order valence-electron chi connectivity index (χ4n) is 2.68. The standard InChI is InChI=1S/C18H16ClNO/c19-17-8-4-5-9-18(17)20-15-10-14(11-16(21)12-15)13-6-2-1-3-7-13/h1-9,12,14,20H,10-11H2/t14-/m1/s1. The van der Waals surface area contributed by atoms with Crippen molar-refractivity contribution in [1.82, 2.24) is 0 Å². The van der Waals surface area contributed by atoms with E-state index in [-0.39, 0.29) is 11.7 Å². The molecule has 2 nitrogen and oxygen atoms in total. The van der Waals surface area contributed by atoms with Crippen molar-refractivity contribution in [2.45, 2.75) is 18.8 Å². The average molecular weight is 298 g/mol. The van der Waals surface area contributed by atoms with Crippen LogP contribution in [0.25, 0.3) is 0 Å². The van der Waals surface area contributed by atoms with Gasteiger partial charge in [0.2, 0.25) is 0 Å². The third kappa shape index (κ3) is 3.34. The van der Waals surface area contributed by atoms with Crippen LogP contribution in [0.15, 0.2) is 66.4 Å². The van der Waals surface area contributed by atoms with Crippen LogP contribution in [-0.2, 0) is 4.79 Å². The summed E-state index contributed by atoms with van der Waals surface area (Å²) in [6, 6.07) is 17.7. The number of carbonyl (C=O) groups is 1. The van der Waals surface area contributed by atoms with E-state index in [0.717, 1.165) is 17.8 Å². The van der Waals surface area contributed by atoms with Gasteiger partial charge < -0.3 is 5.32 Å². The van der Waals surface area contributed by atoms with Gasteiger partial charge >= 0.3 is 0 Å². The van der Waals surface area contributed by atoms with Gasteiger partial charge in [-0.15, -0.1) is 0 Å². The van der Waals surface area contributed by atoms with Gasteiger partial charge in [0.05, 0.1) is 10.7 Å². The molecule has 0 aliphatic heterocycles. The number of hydrogen-bond donors (Lipinski definition) is 1. The highest BCUT2D eigenvalue weighted by Gasteiger charge is 2.22. The molecule has 0 heterocycles. The lowest BCUT2D eigenvalue weighted by Gasteiger charge is -2.23. The summed E-state index contributed by atoms with van der Waals surface area (Å²) in [6.07, 6.45) is 3.08. The molecule has 21 heavy (non-hydrogen) atoms. The molecule has 3 rings (SSSR count). The van der Waals surface area contributed by atoms with Crippen molar-refractivity contribution >= 4 is 23.1 Å².